The summed E-state index contributed by atoms with van der Waals surface area (Å²) in [5, 5.41) is -1.11. The summed E-state index contributed by atoms with van der Waals surface area (Å²) in [5.41, 5.74) is 5.31. The minimum absolute atomic E-state index is 0.0719. The molecule has 3 N–H and O–H groups in total. The number of alkyl halides is 3. The van der Waals surface area contributed by atoms with E-state index < -0.39 is 27.4 Å². The number of hydrogen-bond acceptors (Lipinski definition) is 4. The van der Waals surface area contributed by atoms with Crippen molar-refractivity contribution in [3.05, 3.63) is 24.3 Å². The zero-order valence-corrected chi connectivity index (χ0v) is 11.8. The van der Waals surface area contributed by atoms with Gasteiger partial charge in [0.2, 0.25) is 10.0 Å². The van der Waals surface area contributed by atoms with Gasteiger partial charge in [-0.05, 0) is 31.2 Å². The number of halogens is 3. The van der Waals surface area contributed by atoms with Crippen molar-refractivity contribution in [2.24, 2.45) is 5.73 Å². The van der Waals surface area contributed by atoms with Crippen molar-refractivity contribution >= 4 is 32.9 Å². The van der Waals surface area contributed by atoms with E-state index in [1.807, 2.05) is 0 Å². The molecular formula is C10H11F3N2O3S2. The minimum atomic E-state index is -4.80. The summed E-state index contributed by atoms with van der Waals surface area (Å²) in [6.07, 6.45) is -4.80. The summed E-state index contributed by atoms with van der Waals surface area (Å²) < 4.78 is 65.2. The van der Waals surface area contributed by atoms with E-state index in [2.05, 4.69) is 21.7 Å². The van der Waals surface area contributed by atoms with Crippen molar-refractivity contribution < 1.29 is 26.3 Å². The van der Waals surface area contributed by atoms with Crippen molar-refractivity contribution in [1.29, 1.82) is 0 Å². The van der Waals surface area contributed by atoms with Crippen LogP contribution < -0.4 is 15.2 Å². The number of nitrogens with two attached hydrogens (primary N) is 1. The zero-order chi connectivity index (χ0) is 15.6. The Morgan fingerprint density at radius 3 is 2.25 bits per heavy atom. The summed E-state index contributed by atoms with van der Waals surface area (Å²) in [5.74, 6) is -0.456. The molecule has 1 atom stereocenters. The van der Waals surface area contributed by atoms with Gasteiger partial charge in [-0.1, -0.05) is 12.2 Å². The van der Waals surface area contributed by atoms with Gasteiger partial charge in [-0.3, -0.25) is 4.72 Å². The third-order valence-corrected chi connectivity index (χ3v) is 4.42. The largest absolute Gasteiger partial charge is 0.573 e. The first-order chi connectivity index (χ1) is 9.01. The predicted molar refractivity (Wildman–Crippen MR) is 71.9 cm³/mol. The third kappa shape index (κ3) is 4.85. The zero-order valence-electron chi connectivity index (χ0n) is 10.1. The Labute approximate surface area is 119 Å². The topological polar surface area (TPSA) is 81.4 Å². The lowest BCUT2D eigenvalue weighted by molar-refractivity contribution is -0.274. The molecule has 10 heteroatoms. The van der Waals surface area contributed by atoms with Crippen LogP contribution in [0.1, 0.15) is 6.92 Å². The van der Waals surface area contributed by atoms with Crippen LogP contribution in [0.3, 0.4) is 0 Å². The molecule has 5 nitrogen and oxygen atoms in total. The molecule has 0 saturated carbocycles. The molecule has 0 spiro atoms. The van der Waals surface area contributed by atoms with Gasteiger partial charge in [0.1, 0.15) is 11.0 Å². The molecule has 0 bridgehead atoms. The molecule has 1 unspecified atom stereocenters. The van der Waals surface area contributed by atoms with Gasteiger partial charge in [-0.2, -0.15) is 0 Å². The Morgan fingerprint density at radius 2 is 1.85 bits per heavy atom. The van der Waals surface area contributed by atoms with Gasteiger partial charge >= 0.3 is 6.36 Å². The second-order valence-electron chi connectivity index (χ2n) is 3.76. The van der Waals surface area contributed by atoms with Crippen LogP contribution >= 0.6 is 12.2 Å². The summed E-state index contributed by atoms with van der Waals surface area (Å²) in [6.45, 7) is 1.30. The highest BCUT2D eigenvalue weighted by Gasteiger charge is 2.31. The second kappa shape index (κ2) is 5.83. The Kier molecular flexibility index (Phi) is 4.81. The maximum atomic E-state index is 11.9. The smallest absolute Gasteiger partial charge is 0.406 e. The number of sulfonamides is 1. The van der Waals surface area contributed by atoms with E-state index in [-0.39, 0.29) is 10.7 Å². The predicted octanol–water partition coefficient (Wildman–Crippen LogP) is 2.00. The van der Waals surface area contributed by atoms with Crippen LogP contribution in [0, 0.1) is 0 Å². The average molecular weight is 328 g/mol. The lowest BCUT2D eigenvalue weighted by atomic mass is 10.3. The van der Waals surface area contributed by atoms with Gasteiger partial charge < -0.3 is 10.5 Å². The van der Waals surface area contributed by atoms with Gasteiger partial charge in [-0.15, -0.1) is 13.2 Å². The third-order valence-electron chi connectivity index (χ3n) is 2.21. The SMILES string of the molecule is CC(C(N)=S)S(=O)(=O)Nc1ccc(OC(F)(F)F)cc1. The summed E-state index contributed by atoms with van der Waals surface area (Å²) in [4.78, 5) is -0.213. The van der Waals surface area contributed by atoms with E-state index in [4.69, 9.17) is 5.73 Å². The number of anilines is 1. The number of ether oxygens (including phenoxy) is 1. The maximum absolute atomic E-state index is 11.9. The molecule has 0 saturated heterocycles. The van der Waals surface area contributed by atoms with Crippen molar-refractivity contribution in [2.45, 2.75) is 18.5 Å². The Morgan fingerprint density at radius 1 is 1.35 bits per heavy atom. The van der Waals surface area contributed by atoms with Gasteiger partial charge in [-0.25, -0.2) is 8.42 Å². The maximum Gasteiger partial charge on any atom is 0.573 e. The normalized spacial score (nSPS) is 13.6. The van der Waals surface area contributed by atoms with E-state index in [1.54, 1.807) is 0 Å². The van der Waals surface area contributed by atoms with E-state index >= 15 is 0 Å². The minimum Gasteiger partial charge on any atom is -0.406 e. The first-order valence-corrected chi connectivity index (χ1v) is 7.13. The molecule has 1 aromatic rings. The number of thiocarbonyl (C=S) groups is 1. The first kappa shape index (κ1) is 16.5. The summed E-state index contributed by atoms with van der Waals surface area (Å²) in [6, 6.07) is 4.23. The molecule has 0 amide bonds. The molecule has 112 valence electrons. The van der Waals surface area contributed by atoms with E-state index in [9.17, 15) is 21.6 Å². The van der Waals surface area contributed by atoms with Crippen LogP contribution in [0.4, 0.5) is 18.9 Å². The van der Waals surface area contributed by atoms with Gasteiger partial charge in [0.05, 0.1) is 4.99 Å². The number of hydrogen-bond donors (Lipinski definition) is 2. The molecule has 0 radical (unpaired) electrons. The lowest BCUT2D eigenvalue weighted by Gasteiger charge is -2.14. The quantitative estimate of drug-likeness (QED) is 0.808. The molecule has 0 heterocycles. The highest BCUT2D eigenvalue weighted by atomic mass is 32.2. The Hall–Kier alpha value is -1.55. The highest BCUT2D eigenvalue weighted by Crippen LogP contribution is 2.24. The average Bonchev–Trinajstić information content (AvgIpc) is 2.28. The molecule has 0 aromatic heterocycles. The molecule has 0 aliphatic rings. The number of nitrogens with one attached hydrogen (secondary N) is 1. The van der Waals surface area contributed by atoms with Crippen molar-refractivity contribution in [1.82, 2.24) is 0 Å². The van der Waals surface area contributed by atoms with E-state index in [1.165, 1.54) is 6.92 Å². The molecule has 0 aliphatic heterocycles. The van der Waals surface area contributed by atoms with Gasteiger partial charge in [0, 0.05) is 5.69 Å². The number of benzene rings is 1. The molecule has 20 heavy (non-hydrogen) atoms. The fraction of sp³-hybridized carbons (Fsp3) is 0.300. The standard InChI is InChI=1S/C10H11F3N2O3S2/c1-6(9(14)19)20(16,17)15-7-2-4-8(5-3-7)18-10(11,12)13/h2-6,15H,1H3,(H2,14,19). The Balaban J connectivity index is 2.83. The molecule has 0 aliphatic carbocycles. The number of rotatable bonds is 5. The molecule has 1 rings (SSSR count). The van der Waals surface area contributed by atoms with E-state index in [0.29, 0.717) is 0 Å². The monoisotopic (exact) mass is 328 g/mol. The summed E-state index contributed by atoms with van der Waals surface area (Å²) in [7, 11) is -3.84. The van der Waals surface area contributed by atoms with E-state index in [0.717, 1.165) is 24.3 Å². The molecular weight excluding hydrogens is 317 g/mol. The molecule has 0 fully saturated rings. The van der Waals surface area contributed by atoms with Gasteiger partial charge in [0.25, 0.3) is 0 Å². The lowest BCUT2D eigenvalue weighted by Crippen LogP contribution is -2.35. The Bertz CT molecular complexity index is 585. The fourth-order valence-corrected chi connectivity index (χ4v) is 2.46. The van der Waals surface area contributed by atoms with Crippen LogP contribution in [-0.2, 0) is 10.0 Å². The summed E-state index contributed by atoms with van der Waals surface area (Å²) >= 11 is 4.58. The van der Waals surface area contributed by atoms with Crippen LogP contribution in [0.25, 0.3) is 0 Å². The van der Waals surface area contributed by atoms with Crippen molar-refractivity contribution in [3.8, 4) is 5.75 Å². The van der Waals surface area contributed by atoms with Crippen molar-refractivity contribution in [3.63, 3.8) is 0 Å². The second-order valence-corrected chi connectivity index (χ2v) is 6.24. The van der Waals surface area contributed by atoms with Crippen LogP contribution in [0.5, 0.6) is 5.75 Å². The van der Waals surface area contributed by atoms with Crippen LogP contribution in [0.2, 0.25) is 0 Å². The van der Waals surface area contributed by atoms with Crippen molar-refractivity contribution in [2.75, 3.05) is 4.72 Å². The first-order valence-electron chi connectivity index (χ1n) is 5.18. The van der Waals surface area contributed by atoms with Crippen LogP contribution in [0.15, 0.2) is 24.3 Å². The van der Waals surface area contributed by atoms with Gasteiger partial charge in [0.15, 0.2) is 0 Å². The highest BCUT2D eigenvalue weighted by molar-refractivity contribution is 7.95. The fourth-order valence-electron chi connectivity index (χ4n) is 1.13. The molecule has 1 aromatic carbocycles. The van der Waals surface area contributed by atoms with Crippen LogP contribution in [-0.4, -0.2) is 25.0 Å².